The molecule has 0 fully saturated rings. The molecule has 0 radical (unpaired) electrons. The average molecular weight is 355 g/mol. The van der Waals surface area contributed by atoms with Crippen LogP contribution in [0, 0.1) is 5.92 Å². The molecule has 4 N–H and O–H groups in total. The number of aliphatic hydroxyl groups is 1. The Kier molecular flexibility index (Phi) is 7.74. The van der Waals surface area contributed by atoms with Crippen molar-refractivity contribution < 1.29 is 14.9 Å². The normalized spacial score (nSPS) is 13.8. The first kappa shape index (κ1) is 18.5. The molecule has 1 aromatic rings. The van der Waals surface area contributed by atoms with Crippen molar-refractivity contribution in [2.75, 3.05) is 6.61 Å². The first-order valence-corrected chi connectivity index (χ1v) is 6.76. The molecular weight excluding hydrogens is 334 g/mol. The number of aliphatic hydroxyl groups excluding tert-OH is 1. The van der Waals surface area contributed by atoms with E-state index in [-0.39, 0.29) is 24.1 Å². The monoisotopic (exact) mass is 353 g/mol. The number of hydrogen-bond acceptors (Lipinski definition) is 4. The van der Waals surface area contributed by atoms with Gasteiger partial charge in [-0.3, -0.25) is 0 Å². The predicted molar refractivity (Wildman–Crippen MR) is 82.0 cm³/mol. The summed E-state index contributed by atoms with van der Waals surface area (Å²) in [6.45, 7) is 6.10. The van der Waals surface area contributed by atoms with Gasteiger partial charge in [-0.2, -0.15) is 0 Å². The number of ether oxygens (including phenoxy) is 1. The van der Waals surface area contributed by atoms with Gasteiger partial charge in [-0.15, -0.1) is 12.4 Å². The Morgan fingerprint density at radius 1 is 1.37 bits per heavy atom. The molecule has 6 heteroatoms. The second kappa shape index (κ2) is 7.94. The Hall–Kier alpha value is -0.490. The van der Waals surface area contributed by atoms with Crippen molar-refractivity contribution in [3.63, 3.8) is 0 Å². The summed E-state index contributed by atoms with van der Waals surface area (Å²) < 4.78 is 5.84. The lowest BCUT2D eigenvalue weighted by Gasteiger charge is -2.23. The third-order valence-corrected chi connectivity index (χ3v) is 3.39. The van der Waals surface area contributed by atoms with E-state index in [1.807, 2.05) is 20.8 Å². The van der Waals surface area contributed by atoms with Crippen molar-refractivity contribution in [1.82, 2.24) is 0 Å². The molecule has 0 saturated carbocycles. The maximum absolute atomic E-state index is 9.99. The fourth-order valence-corrected chi connectivity index (χ4v) is 2.12. The topological polar surface area (TPSA) is 75.7 Å². The number of nitrogens with two attached hydrogens (primary N) is 1. The minimum absolute atomic E-state index is 0. The molecule has 0 amide bonds. The molecule has 0 spiro atoms. The molecule has 0 bridgehead atoms. The largest absolute Gasteiger partial charge is 0.503 e. The van der Waals surface area contributed by atoms with Gasteiger partial charge in [0.15, 0.2) is 11.5 Å². The van der Waals surface area contributed by atoms with E-state index in [0.717, 1.165) is 5.56 Å². The Morgan fingerprint density at radius 2 is 1.95 bits per heavy atom. The lowest BCUT2D eigenvalue weighted by Crippen LogP contribution is -2.30. The van der Waals surface area contributed by atoms with E-state index >= 15 is 0 Å². The van der Waals surface area contributed by atoms with Crippen molar-refractivity contribution >= 4 is 28.3 Å². The van der Waals surface area contributed by atoms with Crippen molar-refractivity contribution in [2.24, 2.45) is 11.7 Å². The van der Waals surface area contributed by atoms with Crippen molar-refractivity contribution in [2.45, 2.75) is 32.9 Å². The molecular formula is C13H21BrClNO3. The average Bonchev–Trinajstić information content (AvgIpc) is 2.32. The zero-order chi connectivity index (χ0) is 13.9. The highest BCUT2D eigenvalue weighted by atomic mass is 79.9. The van der Waals surface area contributed by atoms with Crippen LogP contribution in [-0.2, 0) is 0 Å². The maximum atomic E-state index is 9.99. The number of phenolic OH excluding ortho intramolecular Hbond substituents is 1. The molecule has 0 unspecified atom stereocenters. The first-order valence-electron chi connectivity index (χ1n) is 5.97. The molecule has 0 saturated heterocycles. The van der Waals surface area contributed by atoms with Gasteiger partial charge in [0.2, 0.25) is 0 Å². The van der Waals surface area contributed by atoms with Crippen LogP contribution in [0.15, 0.2) is 16.6 Å². The zero-order valence-electron chi connectivity index (χ0n) is 11.3. The van der Waals surface area contributed by atoms with Crippen LogP contribution >= 0.6 is 28.3 Å². The van der Waals surface area contributed by atoms with Crippen LogP contribution < -0.4 is 10.5 Å². The molecule has 0 aliphatic rings. The van der Waals surface area contributed by atoms with Crippen molar-refractivity contribution in [1.29, 1.82) is 0 Å². The summed E-state index contributed by atoms with van der Waals surface area (Å²) in [6.07, 6.45) is -0.643. The summed E-state index contributed by atoms with van der Waals surface area (Å²) in [4.78, 5) is 0. The number of hydrogen-bond donors (Lipinski definition) is 3. The minimum Gasteiger partial charge on any atom is -0.503 e. The molecule has 19 heavy (non-hydrogen) atoms. The standard InChI is InChI=1S/C13H20BrNO3.ClH/c1-4-18-10-6-8(5-9(14)13(10)17)11(15)12(16)7(2)3;/h5-7,11-12,16-17H,4,15H2,1-3H3;1H/t11-,12+;/m1./s1. The lowest BCUT2D eigenvalue weighted by molar-refractivity contribution is 0.0978. The van der Waals surface area contributed by atoms with Crippen molar-refractivity contribution in [3.8, 4) is 11.5 Å². The van der Waals surface area contributed by atoms with E-state index in [1.54, 1.807) is 12.1 Å². The molecule has 4 nitrogen and oxygen atoms in total. The number of aromatic hydroxyl groups is 1. The SMILES string of the molecule is CCOc1cc([C@@H](N)[C@@H](O)C(C)C)cc(Br)c1O.Cl. The molecule has 0 aromatic heterocycles. The number of rotatable bonds is 5. The van der Waals surface area contributed by atoms with Crippen LogP contribution in [0.2, 0.25) is 0 Å². The maximum Gasteiger partial charge on any atom is 0.172 e. The highest BCUT2D eigenvalue weighted by Gasteiger charge is 2.22. The second-order valence-corrected chi connectivity index (χ2v) is 5.40. The summed E-state index contributed by atoms with van der Waals surface area (Å²) in [6, 6.07) is 2.86. The van der Waals surface area contributed by atoms with Gasteiger partial charge in [0.05, 0.1) is 23.2 Å². The summed E-state index contributed by atoms with van der Waals surface area (Å²) >= 11 is 3.25. The van der Waals surface area contributed by atoms with Crippen LogP contribution in [0.25, 0.3) is 0 Å². The van der Waals surface area contributed by atoms with E-state index in [4.69, 9.17) is 10.5 Å². The van der Waals surface area contributed by atoms with Gasteiger partial charge in [0.1, 0.15) is 0 Å². The smallest absolute Gasteiger partial charge is 0.172 e. The number of phenols is 1. The first-order chi connectivity index (χ1) is 8.38. The third-order valence-electron chi connectivity index (χ3n) is 2.79. The van der Waals surface area contributed by atoms with Crippen LogP contribution in [0.3, 0.4) is 0 Å². The van der Waals surface area contributed by atoms with Gasteiger partial charge in [0.25, 0.3) is 0 Å². The summed E-state index contributed by atoms with van der Waals surface area (Å²) in [7, 11) is 0. The van der Waals surface area contributed by atoms with Gasteiger partial charge >= 0.3 is 0 Å². The van der Waals surface area contributed by atoms with E-state index in [0.29, 0.717) is 16.8 Å². The third kappa shape index (κ3) is 4.53. The Bertz CT molecular complexity index is 415. The fourth-order valence-electron chi connectivity index (χ4n) is 1.66. The van der Waals surface area contributed by atoms with E-state index < -0.39 is 12.1 Å². The molecule has 1 aromatic carbocycles. The molecule has 0 heterocycles. The van der Waals surface area contributed by atoms with Gasteiger partial charge in [-0.1, -0.05) is 13.8 Å². The zero-order valence-corrected chi connectivity index (χ0v) is 13.7. The minimum atomic E-state index is -0.643. The highest BCUT2D eigenvalue weighted by Crippen LogP contribution is 2.37. The fraction of sp³-hybridized carbons (Fsp3) is 0.538. The molecule has 0 aliphatic carbocycles. The second-order valence-electron chi connectivity index (χ2n) is 4.54. The van der Waals surface area contributed by atoms with Crippen LogP contribution in [0.1, 0.15) is 32.4 Å². The lowest BCUT2D eigenvalue weighted by atomic mass is 9.94. The van der Waals surface area contributed by atoms with E-state index in [9.17, 15) is 10.2 Å². The summed E-state index contributed by atoms with van der Waals surface area (Å²) in [5, 5.41) is 19.8. The van der Waals surface area contributed by atoms with Crippen LogP contribution in [-0.4, -0.2) is 22.9 Å². The molecule has 2 atom stereocenters. The van der Waals surface area contributed by atoms with Gasteiger partial charge < -0.3 is 20.7 Å². The summed E-state index contributed by atoms with van der Waals surface area (Å²) in [5.74, 6) is 0.475. The Labute approximate surface area is 128 Å². The van der Waals surface area contributed by atoms with Gasteiger partial charge in [-0.25, -0.2) is 0 Å². The van der Waals surface area contributed by atoms with Gasteiger partial charge in [-0.05, 0) is 46.5 Å². The van der Waals surface area contributed by atoms with Gasteiger partial charge in [0, 0.05) is 0 Å². The van der Waals surface area contributed by atoms with E-state index in [2.05, 4.69) is 15.9 Å². The van der Waals surface area contributed by atoms with Crippen molar-refractivity contribution in [3.05, 3.63) is 22.2 Å². The Morgan fingerprint density at radius 3 is 2.42 bits per heavy atom. The Balaban J connectivity index is 0.00000324. The molecule has 1 rings (SSSR count). The number of halogens is 2. The van der Waals surface area contributed by atoms with Crippen LogP contribution in [0.4, 0.5) is 0 Å². The predicted octanol–water partition coefficient (Wildman–Crippen LogP) is 2.99. The molecule has 110 valence electrons. The molecule has 0 aliphatic heterocycles. The van der Waals surface area contributed by atoms with Crippen LogP contribution in [0.5, 0.6) is 11.5 Å². The number of benzene rings is 1. The summed E-state index contributed by atoms with van der Waals surface area (Å²) in [5.41, 5.74) is 6.74. The highest BCUT2D eigenvalue weighted by molar-refractivity contribution is 9.10. The quantitative estimate of drug-likeness (QED) is 0.760. The van der Waals surface area contributed by atoms with E-state index in [1.165, 1.54) is 0 Å².